The molecule has 0 bridgehead atoms. The first-order chi connectivity index (χ1) is 4.79. The summed E-state index contributed by atoms with van der Waals surface area (Å²) in [6, 6.07) is 0. The third kappa shape index (κ3) is 2.35. The minimum absolute atomic E-state index is 0.156. The standard InChI is InChI=1S/C7H12O3/c1-6(8)10-5-7-3-2-4-9-7/h7H,2-5H2,1H3/t7-/m1/s1. The van der Waals surface area contributed by atoms with Crippen molar-refractivity contribution in [2.45, 2.75) is 25.9 Å². The highest BCUT2D eigenvalue weighted by molar-refractivity contribution is 5.65. The topological polar surface area (TPSA) is 35.5 Å². The predicted molar refractivity (Wildman–Crippen MR) is 35.6 cm³/mol. The van der Waals surface area contributed by atoms with Crippen molar-refractivity contribution in [2.24, 2.45) is 0 Å². The maximum atomic E-state index is 10.3. The highest BCUT2D eigenvalue weighted by Gasteiger charge is 2.15. The van der Waals surface area contributed by atoms with Crippen LogP contribution in [0.15, 0.2) is 0 Å². The van der Waals surface area contributed by atoms with Gasteiger partial charge in [0.15, 0.2) is 0 Å². The Morgan fingerprint density at radius 1 is 1.80 bits per heavy atom. The second-order valence-corrected chi connectivity index (χ2v) is 2.44. The summed E-state index contributed by atoms with van der Waals surface area (Å²) >= 11 is 0. The molecule has 1 aliphatic heterocycles. The lowest BCUT2D eigenvalue weighted by molar-refractivity contribution is -0.144. The first-order valence-corrected chi connectivity index (χ1v) is 3.54. The lowest BCUT2D eigenvalue weighted by atomic mass is 10.2. The van der Waals surface area contributed by atoms with Crippen LogP contribution in [0.3, 0.4) is 0 Å². The van der Waals surface area contributed by atoms with E-state index >= 15 is 0 Å². The molecule has 1 saturated heterocycles. The van der Waals surface area contributed by atoms with E-state index in [2.05, 4.69) is 0 Å². The second kappa shape index (κ2) is 3.56. The van der Waals surface area contributed by atoms with E-state index in [4.69, 9.17) is 9.47 Å². The fraction of sp³-hybridized carbons (Fsp3) is 0.857. The summed E-state index contributed by atoms with van der Waals surface area (Å²) in [5.41, 5.74) is 0. The molecule has 0 spiro atoms. The van der Waals surface area contributed by atoms with Gasteiger partial charge in [0, 0.05) is 13.5 Å². The van der Waals surface area contributed by atoms with Crippen molar-refractivity contribution in [3.05, 3.63) is 0 Å². The zero-order valence-corrected chi connectivity index (χ0v) is 6.13. The summed E-state index contributed by atoms with van der Waals surface area (Å²) in [6.45, 7) is 2.65. The molecule has 1 atom stereocenters. The van der Waals surface area contributed by atoms with Gasteiger partial charge < -0.3 is 9.47 Å². The monoisotopic (exact) mass is 144 g/mol. The lowest BCUT2D eigenvalue weighted by Gasteiger charge is -2.07. The van der Waals surface area contributed by atoms with Crippen LogP contribution in [0, 0.1) is 0 Å². The van der Waals surface area contributed by atoms with Crippen LogP contribution in [0.1, 0.15) is 19.8 Å². The summed E-state index contributed by atoms with van der Waals surface area (Å²) in [6.07, 6.45) is 2.27. The van der Waals surface area contributed by atoms with Gasteiger partial charge in [0.25, 0.3) is 0 Å². The Balaban J connectivity index is 2.07. The van der Waals surface area contributed by atoms with E-state index in [-0.39, 0.29) is 12.1 Å². The SMILES string of the molecule is CC(=O)OC[C@H]1CCCO1. The van der Waals surface area contributed by atoms with Crippen LogP contribution in [0.2, 0.25) is 0 Å². The highest BCUT2D eigenvalue weighted by Crippen LogP contribution is 2.11. The van der Waals surface area contributed by atoms with Gasteiger partial charge in [-0.2, -0.15) is 0 Å². The molecule has 0 N–H and O–H groups in total. The first-order valence-electron chi connectivity index (χ1n) is 3.54. The van der Waals surface area contributed by atoms with Gasteiger partial charge in [0.05, 0.1) is 6.10 Å². The summed E-state index contributed by atoms with van der Waals surface area (Å²) in [7, 11) is 0. The number of esters is 1. The molecule has 0 unspecified atom stereocenters. The Bertz CT molecular complexity index is 116. The van der Waals surface area contributed by atoms with Gasteiger partial charge in [0.1, 0.15) is 6.61 Å². The van der Waals surface area contributed by atoms with Gasteiger partial charge in [-0.15, -0.1) is 0 Å². The lowest BCUT2D eigenvalue weighted by Crippen LogP contribution is -2.15. The van der Waals surface area contributed by atoms with Gasteiger partial charge in [0.2, 0.25) is 0 Å². The average Bonchev–Trinajstić information content (AvgIpc) is 2.34. The molecule has 0 aliphatic carbocycles. The molecule has 0 amide bonds. The summed E-state index contributed by atoms with van der Waals surface area (Å²) < 4.78 is 9.99. The second-order valence-electron chi connectivity index (χ2n) is 2.44. The molecule has 3 nitrogen and oxygen atoms in total. The molecular weight excluding hydrogens is 132 g/mol. The number of hydrogen-bond acceptors (Lipinski definition) is 3. The van der Waals surface area contributed by atoms with Crippen molar-refractivity contribution in [1.82, 2.24) is 0 Å². The van der Waals surface area contributed by atoms with Gasteiger partial charge in [-0.1, -0.05) is 0 Å². The molecule has 58 valence electrons. The Hall–Kier alpha value is -0.570. The number of rotatable bonds is 2. The Labute approximate surface area is 60.3 Å². The fourth-order valence-electron chi connectivity index (χ4n) is 0.986. The summed E-state index contributed by atoms with van der Waals surface area (Å²) in [4.78, 5) is 10.3. The van der Waals surface area contributed by atoms with Crippen molar-refractivity contribution >= 4 is 5.97 Å². The van der Waals surface area contributed by atoms with E-state index < -0.39 is 0 Å². The number of carbonyl (C=O) groups excluding carboxylic acids is 1. The summed E-state index contributed by atoms with van der Waals surface area (Å²) in [5, 5.41) is 0. The van der Waals surface area contributed by atoms with E-state index in [9.17, 15) is 4.79 Å². The van der Waals surface area contributed by atoms with E-state index in [0.29, 0.717) is 6.61 Å². The van der Waals surface area contributed by atoms with Crippen LogP contribution < -0.4 is 0 Å². The number of ether oxygens (including phenoxy) is 2. The van der Waals surface area contributed by atoms with Crippen molar-refractivity contribution in [3.8, 4) is 0 Å². The molecule has 3 heteroatoms. The van der Waals surface area contributed by atoms with Crippen molar-refractivity contribution < 1.29 is 14.3 Å². The normalized spacial score (nSPS) is 24.7. The van der Waals surface area contributed by atoms with Crippen LogP contribution in [-0.4, -0.2) is 25.3 Å². The van der Waals surface area contributed by atoms with Gasteiger partial charge in [-0.3, -0.25) is 4.79 Å². The van der Waals surface area contributed by atoms with E-state index in [1.165, 1.54) is 6.92 Å². The predicted octanol–water partition coefficient (Wildman–Crippen LogP) is 0.728. The Kier molecular flexibility index (Phi) is 2.68. The molecule has 1 heterocycles. The number of hydrogen-bond donors (Lipinski definition) is 0. The fourth-order valence-corrected chi connectivity index (χ4v) is 0.986. The molecular formula is C7H12O3. The zero-order chi connectivity index (χ0) is 7.40. The third-order valence-electron chi connectivity index (χ3n) is 1.50. The Morgan fingerprint density at radius 2 is 2.60 bits per heavy atom. The van der Waals surface area contributed by atoms with Crippen molar-refractivity contribution in [2.75, 3.05) is 13.2 Å². The van der Waals surface area contributed by atoms with Crippen LogP contribution in [0.4, 0.5) is 0 Å². The molecule has 0 aromatic rings. The van der Waals surface area contributed by atoms with Crippen LogP contribution >= 0.6 is 0 Å². The molecule has 1 rings (SSSR count). The van der Waals surface area contributed by atoms with E-state index in [1.54, 1.807) is 0 Å². The molecule has 1 aliphatic rings. The van der Waals surface area contributed by atoms with Crippen LogP contribution in [-0.2, 0) is 14.3 Å². The maximum Gasteiger partial charge on any atom is 0.302 e. The van der Waals surface area contributed by atoms with Crippen molar-refractivity contribution in [3.63, 3.8) is 0 Å². The molecule has 0 radical (unpaired) electrons. The number of carbonyl (C=O) groups is 1. The maximum absolute atomic E-state index is 10.3. The largest absolute Gasteiger partial charge is 0.463 e. The third-order valence-corrected chi connectivity index (χ3v) is 1.50. The minimum atomic E-state index is -0.226. The average molecular weight is 144 g/mol. The van der Waals surface area contributed by atoms with E-state index in [1.807, 2.05) is 0 Å². The smallest absolute Gasteiger partial charge is 0.302 e. The van der Waals surface area contributed by atoms with E-state index in [0.717, 1.165) is 19.4 Å². The van der Waals surface area contributed by atoms with Gasteiger partial charge in [-0.05, 0) is 12.8 Å². The molecule has 0 aromatic carbocycles. The zero-order valence-electron chi connectivity index (χ0n) is 6.13. The molecule has 10 heavy (non-hydrogen) atoms. The van der Waals surface area contributed by atoms with Crippen molar-refractivity contribution in [1.29, 1.82) is 0 Å². The highest BCUT2D eigenvalue weighted by atomic mass is 16.6. The van der Waals surface area contributed by atoms with Gasteiger partial charge in [-0.25, -0.2) is 0 Å². The summed E-state index contributed by atoms with van der Waals surface area (Å²) in [5.74, 6) is -0.226. The van der Waals surface area contributed by atoms with Crippen LogP contribution in [0.5, 0.6) is 0 Å². The molecule has 0 aromatic heterocycles. The molecule has 1 fully saturated rings. The molecule has 0 saturated carbocycles. The van der Waals surface area contributed by atoms with Gasteiger partial charge >= 0.3 is 5.97 Å². The quantitative estimate of drug-likeness (QED) is 0.536. The minimum Gasteiger partial charge on any atom is -0.463 e. The first kappa shape index (κ1) is 7.54. The van der Waals surface area contributed by atoms with Crippen LogP contribution in [0.25, 0.3) is 0 Å². The Morgan fingerprint density at radius 3 is 3.10 bits per heavy atom.